The van der Waals surface area contributed by atoms with Gasteiger partial charge in [-0.25, -0.2) is 0 Å². The van der Waals surface area contributed by atoms with Gasteiger partial charge in [0.1, 0.15) is 0 Å². The van der Waals surface area contributed by atoms with Gasteiger partial charge in [0.25, 0.3) is 0 Å². The molecule has 19 heavy (non-hydrogen) atoms. The van der Waals surface area contributed by atoms with Crippen molar-refractivity contribution in [2.75, 3.05) is 13.2 Å². The fourth-order valence-corrected chi connectivity index (χ4v) is 3.08. The molecule has 0 spiro atoms. The van der Waals surface area contributed by atoms with Crippen LogP contribution in [-0.2, 0) is 4.74 Å². The van der Waals surface area contributed by atoms with Gasteiger partial charge < -0.3 is 10.1 Å². The molecule has 3 atom stereocenters. The lowest BCUT2D eigenvalue weighted by Gasteiger charge is -2.37. The summed E-state index contributed by atoms with van der Waals surface area (Å²) in [5.41, 5.74) is 0. The van der Waals surface area contributed by atoms with Gasteiger partial charge in [-0.3, -0.25) is 0 Å². The summed E-state index contributed by atoms with van der Waals surface area (Å²) in [5.74, 6) is 1.64. The van der Waals surface area contributed by atoms with Gasteiger partial charge in [0.2, 0.25) is 0 Å². The van der Waals surface area contributed by atoms with Gasteiger partial charge in [-0.15, -0.1) is 0 Å². The number of rotatable bonds is 9. The van der Waals surface area contributed by atoms with Crippen molar-refractivity contribution in [3.05, 3.63) is 0 Å². The predicted molar refractivity (Wildman–Crippen MR) is 83.5 cm³/mol. The second kappa shape index (κ2) is 9.77. The Morgan fingerprint density at radius 1 is 1.16 bits per heavy atom. The molecule has 1 fully saturated rings. The molecule has 2 nitrogen and oxygen atoms in total. The van der Waals surface area contributed by atoms with Gasteiger partial charge >= 0.3 is 0 Å². The number of hydrogen-bond donors (Lipinski definition) is 1. The minimum absolute atomic E-state index is 0.454. The third-order valence-corrected chi connectivity index (χ3v) is 4.28. The molecule has 1 saturated carbocycles. The van der Waals surface area contributed by atoms with Crippen molar-refractivity contribution in [1.29, 1.82) is 0 Å². The molecular formula is C17H35NO. The molecule has 3 unspecified atom stereocenters. The fraction of sp³-hybridized carbons (Fsp3) is 1.00. The topological polar surface area (TPSA) is 21.3 Å². The summed E-state index contributed by atoms with van der Waals surface area (Å²) in [4.78, 5) is 0. The summed E-state index contributed by atoms with van der Waals surface area (Å²) in [5, 5.41) is 3.70. The first-order valence-electron chi connectivity index (χ1n) is 8.52. The Kier molecular flexibility index (Phi) is 8.72. The summed E-state index contributed by atoms with van der Waals surface area (Å²) in [6.45, 7) is 11.2. The van der Waals surface area contributed by atoms with Crippen molar-refractivity contribution in [2.24, 2.45) is 11.8 Å². The van der Waals surface area contributed by atoms with Crippen LogP contribution in [0.15, 0.2) is 0 Å². The zero-order chi connectivity index (χ0) is 14.1. The van der Waals surface area contributed by atoms with Gasteiger partial charge in [0, 0.05) is 12.6 Å². The monoisotopic (exact) mass is 269 g/mol. The van der Waals surface area contributed by atoms with E-state index in [-0.39, 0.29) is 0 Å². The average molecular weight is 269 g/mol. The van der Waals surface area contributed by atoms with Gasteiger partial charge in [-0.05, 0) is 50.5 Å². The maximum absolute atomic E-state index is 6.22. The van der Waals surface area contributed by atoms with E-state index in [2.05, 4.69) is 33.0 Å². The van der Waals surface area contributed by atoms with E-state index in [0.717, 1.165) is 25.0 Å². The highest BCUT2D eigenvalue weighted by Gasteiger charge is 2.30. The molecule has 0 amide bonds. The van der Waals surface area contributed by atoms with Gasteiger partial charge in [0.15, 0.2) is 0 Å². The first kappa shape index (κ1) is 17.0. The van der Waals surface area contributed by atoms with Crippen LogP contribution < -0.4 is 5.32 Å². The molecule has 0 aromatic heterocycles. The smallest absolute Gasteiger partial charge is 0.0730 e. The van der Waals surface area contributed by atoms with Crippen LogP contribution in [0.25, 0.3) is 0 Å². The van der Waals surface area contributed by atoms with E-state index < -0.39 is 0 Å². The molecular weight excluding hydrogens is 234 g/mol. The third kappa shape index (κ3) is 6.76. The molecule has 0 radical (unpaired) electrons. The van der Waals surface area contributed by atoms with Gasteiger partial charge in [0.05, 0.1) is 6.10 Å². The van der Waals surface area contributed by atoms with Crippen molar-refractivity contribution < 1.29 is 4.74 Å². The van der Waals surface area contributed by atoms with Crippen LogP contribution in [0.4, 0.5) is 0 Å². The zero-order valence-corrected chi connectivity index (χ0v) is 13.6. The maximum Gasteiger partial charge on any atom is 0.0730 e. The quantitative estimate of drug-likeness (QED) is 0.670. The van der Waals surface area contributed by atoms with E-state index in [9.17, 15) is 0 Å². The van der Waals surface area contributed by atoms with Crippen LogP contribution in [0.5, 0.6) is 0 Å². The summed E-state index contributed by atoms with van der Waals surface area (Å²) >= 11 is 0. The van der Waals surface area contributed by atoms with Crippen LogP contribution in [0.1, 0.15) is 72.6 Å². The van der Waals surface area contributed by atoms with Crippen LogP contribution in [0, 0.1) is 11.8 Å². The van der Waals surface area contributed by atoms with E-state index in [4.69, 9.17) is 4.74 Å². The average Bonchev–Trinajstić information content (AvgIpc) is 2.38. The third-order valence-electron chi connectivity index (χ3n) is 4.28. The molecule has 1 aliphatic rings. The lowest BCUT2D eigenvalue weighted by Crippen LogP contribution is -2.46. The van der Waals surface area contributed by atoms with Gasteiger partial charge in [-0.2, -0.15) is 0 Å². The molecule has 1 N–H and O–H groups in total. The normalized spacial score (nSPS) is 27.9. The van der Waals surface area contributed by atoms with Crippen molar-refractivity contribution in [1.82, 2.24) is 5.32 Å². The van der Waals surface area contributed by atoms with Crippen LogP contribution in [-0.4, -0.2) is 25.3 Å². The van der Waals surface area contributed by atoms with E-state index in [0.29, 0.717) is 12.1 Å². The molecule has 0 aromatic rings. The molecule has 1 aliphatic carbocycles. The Morgan fingerprint density at radius 2 is 1.95 bits per heavy atom. The Morgan fingerprint density at radius 3 is 2.58 bits per heavy atom. The second-order valence-electron chi connectivity index (χ2n) is 6.62. The summed E-state index contributed by atoms with van der Waals surface area (Å²) < 4.78 is 6.22. The molecule has 2 heteroatoms. The molecule has 0 heterocycles. The van der Waals surface area contributed by atoms with Crippen LogP contribution >= 0.6 is 0 Å². The maximum atomic E-state index is 6.22. The second-order valence-corrected chi connectivity index (χ2v) is 6.62. The molecule has 0 bridgehead atoms. The molecule has 0 saturated heterocycles. The molecule has 114 valence electrons. The first-order valence-corrected chi connectivity index (χ1v) is 8.52. The van der Waals surface area contributed by atoms with E-state index in [1.54, 1.807) is 0 Å². The molecule has 1 rings (SSSR count). The Balaban J connectivity index is 2.40. The van der Waals surface area contributed by atoms with Crippen molar-refractivity contribution in [3.63, 3.8) is 0 Å². The Bertz CT molecular complexity index is 217. The lowest BCUT2D eigenvalue weighted by atomic mass is 9.81. The SMILES string of the molecule is CCCNC1CCC(CCC)CC1OCCC(C)C. The van der Waals surface area contributed by atoms with Crippen LogP contribution in [0.3, 0.4) is 0 Å². The lowest BCUT2D eigenvalue weighted by molar-refractivity contribution is -0.0150. The highest BCUT2D eigenvalue weighted by atomic mass is 16.5. The minimum Gasteiger partial charge on any atom is -0.377 e. The van der Waals surface area contributed by atoms with E-state index in [1.165, 1.54) is 44.9 Å². The van der Waals surface area contributed by atoms with Gasteiger partial charge in [-0.1, -0.05) is 40.5 Å². The fourth-order valence-electron chi connectivity index (χ4n) is 3.08. The van der Waals surface area contributed by atoms with E-state index in [1.807, 2.05) is 0 Å². The highest BCUT2D eigenvalue weighted by molar-refractivity contribution is 4.85. The number of ether oxygens (including phenoxy) is 1. The summed E-state index contributed by atoms with van der Waals surface area (Å²) in [6, 6.07) is 0.597. The minimum atomic E-state index is 0.454. The van der Waals surface area contributed by atoms with Crippen molar-refractivity contribution in [2.45, 2.75) is 84.8 Å². The highest BCUT2D eigenvalue weighted by Crippen LogP contribution is 2.30. The standard InChI is InChI=1S/C17H35NO/c1-5-7-15-8-9-16(18-11-6-2)17(13-15)19-12-10-14(3)4/h14-18H,5-13H2,1-4H3. The Hall–Kier alpha value is -0.0800. The first-order chi connectivity index (χ1) is 9.17. The van der Waals surface area contributed by atoms with Crippen LogP contribution in [0.2, 0.25) is 0 Å². The Labute approximate surface area is 120 Å². The van der Waals surface area contributed by atoms with E-state index >= 15 is 0 Å². The molecule has 0 aliphatic heterocycles. The largest absolute Gasteiger partial charge is 0.377 e. The predicted octanol–water partition coefficient (Wildman–Crippen LogP) is 4.39. The van der Waals surface area contributed by atoms with Crippen molar-refractivity contribution >= 4 is 0 Å². The number of hydrogen-bond acceptors (Lipinski definition) is 2. The van der Waals surface area contributed by atoms with Crippen molar-refractivity contribution in [3.8, 4) is 0 Å². The molecule has 0 aromatic carbocycles. The number of nitrogens with one attached hydrogen (secondary N) is 1. The summed E-state index contributed by atoms with van der Waals surface area (Å²) in [7, 11) is 0. The summed E-state index contributed by atoms with van der Waals surface area (Å²) in [6.07, 6.45) is 9.52. The zero-order valence-electron chi connectivity index (χ0n) is 13.6.